The quantitative estimate of drug-likeness (QED) is 0.368. The summed E-state index contributed by atoms with van der Waals surface area (Å²) in [7, 11) is 0. The first kappa shape index (κ1) is 7.22. The Morgan fingerprint density at radius 1 is 1.60 bits per heavy atom. The van der Waals surface area contributed by atoms with Crippen molar-refractivity contribution in [2.75, 3.05) is 0 Å². The SMILES string of the molecule is CC1C#C/C=C(/Cl)C=C=C1. The summed E-state index contributed by atoms with van der Waals surface area (Å²) in [5.41, 5.74) is 2.93. The van der Waals surface area contributed by atoms with Gasteiger partial charge in [0.2, 0.25) is 0 Å². The number of halogens is 1. The monoisotopic (exact) mass is 150 g/mol. The van der Waals surface area contributed by atoms with Crippen LogP contribution in [-0.2, 0) is 0 Å². The summed E-state index contributed by atoms with van der Waals surface area (Å²) >= 11 is 5.66. The maximum Gasteiger partial charge on any atom is 0.0566 e. The molecule has 0 aliphatic heterocycles. The van der Waals surface area contributed by atoms with E-state index in [0.717, 1.165) is 0 Å². The highest BCUT2D eigenvalue weighted by molar-refractivity contribution is 6.31. The first-order chi connectivity index (χ1) is 4.79. The Morgan fingerprint density at radius 2 is 2.40 bits per heavy atom. The topological polar surface area (TPSA) is 0 Å². The van der Waals surface area contributed by atoms with Gasteiger partial charge in [0.15, 0.2) is 0 Å². The zero-order valence-corrected chi connectivity index (χ0v) is 6.44. The van der Waals surface area contributed by atoms with Gasteiger partial charge in [-0.15, -0.1) is 5.73 Å². The minimum absolute atomic E-state index is 0.275. The molecule has 0 saturated heterocycles. The minimum atomic E-state index is 0.275. The molecule has 0 spiro atoms. The van der Waals surface area contributed by atoms with Crippen molar-refractivity contribution >= 4 is 11.6 Å². The van der Waals surface area contributed by atoms with Gasteiger partial charge in [0.1, 0.15) is 0 Å². The highest BCUT2D eigenvalue weighted by Crippen LogP contribution is 2.04. The van der Waals surface area contributed by atoms with Crippen molar-refractivity contribution in [2.45, 2.75) is 6.92 Å². The average Bonchev–Trinajstić information content (AvgIpc) is 1.84. The first-order valence-corrected chi connectivity index (χ1v) is 3.46. The molecule has 0 heterocycles. The fraction of sp³-hybridized carbons (Fsp3) is 0.222. The molecular formula is C9H7Cl. The number of hydrogen-bond acceptors (Lipinski definition) is 0. The molecule has 1 heteroatoms. The van der Waals surface area contributed by atoms with Gasteiger partial charge in [-0.1, -0.05) is 23.4 Å². The molecule has 0 aromatic carbocycles. The lowest BCUT2D eigenvalue weighted by Crippen LogP contribution is -1.81. The van der Waals surface area contributed by atoms with Crippen LogP contribution in [-0.4, -0.2) is 0 Å². The Bertz CT molecular complexity index is 267. The van der Waals surface area contributed by atoms with Crippen LogP contribution in [0.15, 0.2) is 29.0 Å². The Labute approximate surface area is 65.9 Å². The van der Waals surface area contributed by atoms with Crippen LogP contribution in [0.25, 0.3) is 0 Å². The predicted molar refractivity (Wildman–Crippen MR) is 43.5 cm³/mol. The third-order valence-corrected chi connectivity index (χ3v) is 1.31. The molecule has 50 valence electrons. The van der Waals surface area contributed by atoms with Gasteiger partial charge < -0.3 is 0 Å². The Kier molecular flexibility index (Phi) is 2.40. The molecule has 0 nitrogen and oxygen atoms in total. The molecule has 0 aromatic rings. The fourth-order valence-electron chi connectivity index (χ4n) is 0.597. The molecule has 1 unspecified atom stereocenters. The van der Waals surface area contributed by atoms with E-state index in [1.807, 2.05) is 13.0 Å². The van der Waals surface area contributed by atoms with Crippen LogP contribution >= 0.6 is 11.6 Å². The lowest BCUT2D eigenvalue weighted by atomic mass is 10.2. The highest BCUT2D eigenvalue weighted by Gasteiger charge is 1.88. The predicted octanol–water partition coefficient (Wildman–Crippen LogP) is 2.47. The smallest absolute Gasteiger partial charge is 0.0566 e. The van der Waals surface area contributed by atoms with Crippen molar-refractivity contribution in [1.29, 1.82) is 0 Å². The average molecular weight is 151 g/mol. The summed E-state index contributed by atoms with van der Waals surface area (Å²) in [6, 6.07) is 0. The second kappa shape index (κ2) is 3.32. The molecule has 0 aromatic heterocycles. The Hall–Kier alpha value is -0.890. The standard InChI is InChI=1S/C9H7Cl/c1-8-4-2-6-9(10)7-3-5-8/h4,6-8H,1H3/b9-7+. The number of allylic oxidation sites excluding steroid dienone is 3. The summed E-state index contributed by atoms with van der Waals surface area (Å²) < 4.78 is 0. The second-order valence-electron chi connectivity index (χ2n) is 2.08. The largest absolute Gasteiger partial charge is 0.122 e. The Morgan fingerprint density at radius 3 is 3.20 bits per heavy atom. The molecule has 0 radical (unpaired) electrons. The number of hydrogen-bond donors (Lipinski definition) is 0. The van der Waals surface area contributed by atoms with Crippen LogP contribution < -0.4 is 0 Å². The van der Waals surface area contributed by atoms with Crippen molar-refractivity contribution in [3.63, 3.8) is 0 Å². The van der Waals surface area contributed by atoms with Gasteiger partial charge in [-0.3, -0.25) is 0 Å². The van der Waals surface area contributed by atoms with E-state index in [4.69, 9.17) is 11.6 Å². The zero-order valence-electron chi connectivity index (χ0n) is 5.69. The summed E-state index contributed by atoms with van der Waals surface area (Å²) in [6.07, 6.45) is 5.28. The van der Waals surface area contributed by atoms with Gasteiger partial charge in [-0.05, 0) is 19.1 Å². The maximum absolute atomic E-state index is 5.66. The van der Waals surface area contributed by atoms with Crippen LogP contribution in [0.3, 0.4) is 0 Å². The molecule has 10 heavy (non-hydrogen) atoms. The van der Waals surface area contributed by atoms with Crippen LogP contribution in [0.5, 0.6) is 0 Å². The van der Waals surface area contributed by atoms with E-state index < -0.39 is 0 Å². The van der Waals surface area contributed by atoms with E-state index in [-0.39, 0.29) is 5.92 Å². The first-order valence-electron chi connectivity index (χ1n) is 3.08. The van der Waals surface area contributed by atoms with Gasteiger partial charge in [0.05, 0.1) is 5.03 Å². The van der Waals surface area contributed by atoms with Crippen LogP contribution in [0.2, 0.25) is 0 Å². The molecule has 0 N–H and O–H groups in total. The van der Waals surface area contributed by atoms with Crippen LogP contribution in [0.1, 0.15) is 6.92 Å². The second-order valence-corrected chi connectivity index (χ2v) is 2.52. The van der Waals surface area contributed by atoms with E-state index in [1.54, 1.807) is 12.2 Å². The third kappa shape index (κ3) is 2.15. The van der Waals surface area contributed by atoms with E-state index in [2.05, 4.69) is 17.6 Å². The Balaban J connectivity index is 2.94. The van der Waals surface area contributed by atoms with E-state index in [1.165, 1.54) is 0 Å². The molecule has 1 aliphatic carbocycles. The maximum atomic E-state index is 5.66. The van der Waals surface area contributed by atoms with E-state index in [0.29, 0.717) is 5.03 Å². The number of rotatable bonds is 0. The molecule has 1 atom stereocenters. The summed E-state index contributed by atoms with van der Waals surface area (Å²) in [6.45, 7) is 2.01. The summed E-state index contributed by atoms with van der Waals surface area (Å²) in [5, 5.41) is 0.635. The zero-order chi connectivity index (χ0) is 7.40. The molecule has 0 fully saturated rings. The molecular weight excluding hydrogens is 144 g/mol. The van der Waals surface area contributed by atoms with Gasteiger partial charge in [-0.2, -0.15) is 0 Å². The molecule has 0 bridgehead atoms. The molecule has 1 rings (SSSR count). The van der Waals surface area contributed by atoms with Crippen LogP contribution in [0.4, 0.5) is 0 Å². The van der Waals surface area contributed by atoms with Gasteiger partial charge >= 0.3 is 0 Å². The van der Waals surface area contributed by atoms with E-state index in [9.17, 15) is 0 Å². The van der Waals surface area contributed by atoms with Gasteiger partial charge in [0.25, 0.3) is 0 Å². The lowest BCUT2D eigenvalue weighted by Gasteiger charge is -1.90. The minimum Gasteiger partial charge on any atom is -0.122 e. The van der Waals surface area contributed by atoms with Crippen LogP contribution in [0, 0.1) is 17.8 Å². The van der Waals surface area contributed by atoms with Crippen molar-refractivity contribution in [1.82, 2.24) is 0 Å². The van der Waals surface area contributed by atoms with Gasteiger partial charge in [0, 0.05) is 12.0 Å². The molecule has 1 aliphatic rings. The fourth-order valence-corrected chi connectivity index (χ4v) is 0.715. The van der Waals surface area contributed by atoms with Crippen molar-refractivity contribution in [3.05, 3.63) is 29.0 Å². The van der Waals surface area contributed by atoms with Crippen molar-refractivity contribution in [2.24, 2.45) is 5.92 Å². The van der Waals surface area contributed by atoms with Crippen molar-refractivity contribution in [3.8, 4) is 11.8 Å². The molecule has 0 amide bonds. The molecule has 0 saturated carbocycles. The van der Waals surface area contributed by atoms with Crippen molar-refractivity contribution < 1.29 is 0 Å². The summed E-state index contributed by atoms with van der Waals surface area (Å²) in [4.78, 5) is 0. The third-order valence-electron chi connectivity index (χ3n) is 1.09. The van der Waals surface area contributed by atoms with E-state index >= 15 is 0 Å². The normalized spacial score (nSPS) is 27.4. The lowest BCUT2D eigenvalue weighted by molar-refractivity contribution is 0.982. The summed E-state index contributed by atoms with van der Waals surface area (Å²) in [5.74, 6) is 6.08. The highest BCUT2D eigenvalue weighted by atomic mass is 35.5. The van der Waals surface area contributed by atoms with Gasteiger partial charge in [-0.25, -0.2) is 0 Å².